The maximum atomic E-state index is 3.85. The molecule has 1 N–H and O–H groups in total. The Morgan fingerprint density at radius 1 is 1.25 bits per heavy atom. The first kappa shape index (κ1) is 10.8. The van der Waals surface area contributed by atoms with Crippen LogP contribution in [0.2, 0.25) is 0 Å². The van der Waals surface area contributed by atoms with Crippen molar-refractivity contribution >= 4 is 0 Å². The van der Waals surface area contributed by atoms with Gasteiger partial charge in [-0.2, -0.15) is 0 Å². The third-order valence-corrected chi connectivity index (χ3v) is 5.45. The van der Waals surface area contributed by atoms with E-state index in [4.69, 9.17) is 0 Å². The number of rotatable bonds is 4. The van der Waals surface area contributed by atoms with Crippen LogP contribution in [0.25, 0.3) is 0 Å². The van der Waals surface area contributed by atoms with Crippen LogP contribution in [0.4, 0.5) is 0 Å². The van der Waals surface area contributed by atoms with E-state index in [1.165, 1.54) is 25.7 Å². The zero-order valence-electron chi connectivity index (χ0n) is 10.5. The van der Waals surface area contributed by atoms with E-state index in [1.807, 2.05) is 6.08 Å². The summed E-state index contributed by atoms with van der Waals surface area (Å²) >= 11 is 0. The second kappa shape index (κ2) is 4.18. The number of fused-ring (bicyclic) bond motifs is 5. The van der Waals surface area contributed by atoms with Gasteiger partial charge in [0.2, 0.25) is 0 Å². The summed E-state index contributed by atoms with van der Waals surface area (Å²) in [6, 6.07) is 1.46. The summed E-state index contributed by atoms with van der Waals surface area (Å²) in [5.74, 6) is 4.31. The minimum Gasteiger partial charge on any atom is -0.311 e. The highest BCUT2D eigenvalue weighted by Gasteiger charge is 2.53. The molecule has 3 fully saturated rings. The summed E-state index contributed by atoms with van der Waals surface area (Å²) in [5, 5.41) is 3.85. The van der Waals surface area contributed by atoms with E-state index in [-0.39, 0.29) is 0 Å². The molecule has 3 aliphatic rings. The third-order valence-electron chi connectivity index (χ3n) is 5.45. The van der Waals surface area contributed by atoms with Crippen LogP contribution >= 0.6 is 0 Å². The molecule has 3 aliphatic carbocycles. The van der Waals surface area contributed by atoms with Crippen LogP contribution in [0.5, 0.6) is 0 Å². The molecule has 3 saturated carbocycles. The van der Waals surface area contributed by atoms with Gasteiger partial charge in [0, 0.05) is 12.1 Å². The highest BCUT2D eigenvalue weighted by atomic mass is 15.0. The van der Waals surface area contributed by atoms with Crippen molar-refractivity contribution in [2.24, 2.45) is 23.7 Å². The molecular formula is C15H25N. The molecule has 6 atom stereocenters. The van der Waals surface area contributed by atoms with Crippen molar-refractivity contribution < 1.29 is 0 Å². The molecule has 0 amide bonds. The van der Waals surface area contributed by atoms with E-state index in [2.05, 4.69) is 18.8 Å². The Morgan fingerprint density at radius 2 is 2.06 bits per heavy atom. The lowest BCUT2D eigenvalue weighted by atomic mass is 9.79. The number of nitrogens with one attached hydrogen (secondary N) is 1. The van der Waals surface area contributed by atoms with Crippen molar-refractivity contribution in [3.63, 3.8) is 0 Å². The van der Waals surface area contributed by atoms with Gasteiger partial charge in [0.15, 0.2) is 0 Å². The Labute approximate surface area is 99.7 Å². The van der Waals surface area contributed by atoms with Crippen LogP contribution in [0.3, 0.4) is 0 Å². The normalized spacial score (nSPS) is 46.9. The van der Waals surface area contributed by atoms with Gasteiger partial charge in [0.25, 0.3) is 0 Å². The molecular weight excluding hydrogens is 194 g/mol. The van der Waals surface area contributed by atoms with E-state index in [0.717, 1.165) is 36.1 Å². The molecule has 3 rings (SSSR count). The maximum absolute atomic E-state index is 3.85. The molecule has 1 nitrogen and oxygen atoms in total. The lowest BCUT2D eigenvalue weighted by Crippen LogP contribution is -2.43. The second-order valence-electron chi connectivity index (χ2n) is 6.35. The van der Waals surface area contributed by atoms with E-state index in [1.54, 1.807) is 6.42 Å². The van der Waals surface area contributed by atoms with Crippen molar-refractivity contribution in [3.8, 4) is 0 Å². The Balaban J connectivity index is 1.61. The SMILES string of the molecule is C=CCC(C)NC1CC2CC1C1CCCC21. The van der Waals surface area contributed by atoms with Gasteiger partial charge in [-0.05, 0) is 62.7 Å². The van der Waals surface area contributed by atoms with Crippen LogP contribution < -0.4 is 5.32 Å². The van der Waals surface area contributed by atoms with Gasteiger partial charge in [-0.15, -0.1) is 6.58 Å². The van der Waals surface area contributed by atoms with Crippen molar-refractivity contribution in [2.75, 3.05) is 0 Å². The predicted octanol–water partition coefficient (Wildman–Crippen LogP) is 3.37. The summed E-state index contributed by atoms with van der Waals surface area (Å²) in [7, 11) is 0. The average Bonchev–Trinajstić information content (AvgIpc) is 2.86. The molecule has 90 valence electrons. The van der Waals surface area contributed by atoms with Crippen molar-refractivity contribution in [2.45, 2.75) is 57.5 Å². The zero-order valence-corrected chi connectivity index (χ0v) is 10.5. The van der Waals surface area contributed by atoms with E-state index in [9.17, 15) is 0 Å². The first-order chi connectivity index (χ1) is 7.79. The van der Waals surface area contributed by atoms with Crippen molar-refractivity contribution in [1.82, 2.24) is 5.32 Å². The molecule has 6 unspecified atom stereocenters. The minimum absolute atomic E-state index is 0.627. The summed E-state index contributed by atoms with van der Waals surface area (Å²) in [6.45, 7) is 6.14. The number of hydrogen-bond donors (Lipinski definition) is 1. The first-order valence-electron chi connectivity index (χ1n) is 7.16. The van der Waals surface area contributed by atoms with Gasteiger partial charge in [-0.3, -0.25) is 0 Å². The monoisotopic (exact) mass is 219 g/mol. The summed E-state index contributed by atoms with van der Waals surface area (Å²) in [6.07, 6.45) is 10.7. The quantitative estimate of drug-likeness (QED) is 0.715. The average molecular weight is 219 g/mol. The van der Waals surface area contributed by atoms with Crippen molar-refractivity contribution in [3.05, 3.63) is 12.7 Å². The molecule has 2 bridgehead atoms. The molecule has 16 heavy (non-hydrogen) atoms. The molecule has 0 aromatic carbocycles. The Kier molecular flexibility index (Phi) is 2.83. The van der Waals surface area contributed by atoms with Gasteiger partial charge < -0.3 is 5.32 Å². The summed E-state index contributed by atoms with van der Waals surface area (Å²) in [5.41, 5.74) is 0. The first-order valence-corrected chi connectivity index (χ1v) is 7.16. The molecule has 0 aromatic rings. The minimum atomic E-state index is 0.627. The van der Waals surface area contributed by atoms with Crippen LogP contribution in [0, 0.1) is 23.7 Å². The largest absolute Gasteiger partial charge is 0.311 e. The van der Waals surface area contributed by atoms with Gasteiger partial charge in [0.1, 0.15) is 0 Å². The van der Waals surface area contributed by atoms with Gasteiger partial charge in [0.05, 0.1) is 0 Å². The van der Waals surface area contributed by atoms with Crippen LogP contribution in [-0.2, 0) is 0 Å². The topological polar surface area (TPSA) is 12.0 Å². The van der Waals surface area contributed by atoms with E-state index < -0.39 is 0 Å². The fourth-order valence-corrected chi connectivity index (χ4v) is 4.94. The lowest BCUT2D eigenvalue weighted by Gasteiger charge is -2.33. The third kappa shape index (κ3) is 1.64. The van der Waals surface area contributed by atoms with Gasteiger partial charge in [-0.25, -0.2) is 0 Å². The molecule has 0 saturated heterocycles. The molecule has 0 aliphatic heterocycles. The Bertz CT molecular complexity index is 273. The van der Waals surface area contributed by atoms with Crippen LogP contribution in [0.1, 0.15) is 45.4 Å². The number of hydrogen-bond acceptors (Lipinski definition) is 1. The molecule has 0 radical (unpaired) electrons. The zero-order chi connectivity index (χ0) is 11.1. The standard InChI is InChI=1S/C15H25N/c1-3-5-10(2)16-15-9-11-8-14(15)13-7-4-6-12(11)13/h3,10-16H,1,4-9H2,2H3. The van der Waals surface area contributed by atoms with Gasteiger partial charge in [-0.1, -0.05) is 12.5 Å². The fraction of sp³-hybridized carbons (Fsp3) is 0.867. The molecule has 1 heteroatoms. The lowest BCUT2D eigenvalue weighted by molar-refractivity contribution is 0.200. The Morgan fingerprint density at radius 3 is 2.88 bits per heavy atom. The second-order valence-corrected chi connectivity index (χ2v) is 6.35. The van der Waals surface area contributed by atoms with Gasteiger partial charge >= 0.3 is 0 Å². The maximum Gasteiger partial charge on any atom is 0.0103 e. The predicted molar refractivity (Wildman–Crippen MR) is 68.2 cm³/mol. The molecule has 0 heterocycles. The van der Waals surface area contributed by atoms with Crippen LogP contribution in [-0.4, -0.2) is 12.1 Å². The summed E-state index contributed by atoms with van der Waals surface area (Å²) < 4.78 is 0. The smallest absolute Gasteiger partial charge is 0.0103 e. The highest BCUT2D eigenvalue weighted by Crippen LogP contribution is 2.58. The van der Waals surface area contributed by atoms with E-state index in [0.29, 0.717) is 6.04 Å². The fourth-order valence-electron chi connectivity index (χ4n) is 4.94. The molecule has 0 aromatic heterocycles. The van der Waals surface area contributed by atoms with Crippen molar-refractivity contribution in [1.29, 1.82) is 0 Å². The van der Waals surface area contributed by atoms with E-state index >= 15 is 0 Å². The molecule has 0 spiro atoms. The Hall–Kier alpha value is -0.300. The highest BCUT2D eigenvalue weighted by molar-refractivity contribution is 5.06. The summed E-state index contributed by atoms with van der Waals surface area (Å²) in [4.78, 5) is 0. The van der Waals surface area contributed by atoms with Crippen LogP contribution in [0.15, 0.2) is 12.7 Å².